The predicted octanol–water partition coefficient (Wildman–Crippen LogP) is 3.37. The number of nitro groups is 1. The summed E-state index contributed by atoms with van der Waals surface area (Å²) in [7, 11) is 0. The third kappa shape index (κ3) is 2.37. The predicted molar refractivity (Wildman–Crippen MR) is 77.7 cm³/mol. The van der Waals surface area contributed by atoms with Gasteiger partial charge in [0.05, 0.1) is 9.40 Å². The molecule has 0 unspecified atom stereocenters. The topological polar surface area (TPSA) is 75.5 Å². The van der Waals surface area contributed by atoms with Gasteiger partial charge in [0.1, 0.15) is 0 Å². The van der Waals surface area contributed by atoms with Gasteiger partial charge in [-0.1, -0.05) is 0 Å². The summed E-state index contributed by atoms with van der Waals surface area (Å²) in [6.45, 7) is 0.801. The average molecular weight is 340 g/mol. The molecule has 20 heavy (non-hydrogen) atoms. The zero-order chi connectivity index (χ0) is 14.3. The van der Waals surface area contributed by atoms with E-state index >= 15 is 0 Å². The molecular weight excluding hydrogens is 326 g/mol. The highest BCUT2D eigenvalue weighted by molar-refractivity contribution is 9.10. The van der Waals surface area contributed by atoms with Crippen molar-refractivity contribution in [1.29, 1.82) is 0 Å². The number of rotatable bonds is 2. The Morgan fingerprint density at radius 1 is 1.45 bits per heavy atom. The van der Waals surface area contributed by atoms with Crippen LogP contribution in [0.25, 0.3) is 0 Å². The van der Waals surface area contributed by atoms with Gasteiger partial charge in [0.2, 0.25) is 0 Å². The molecule has 1 saturated carbocycles. The Morgan fingerprint density at radius 3 is 2.85 bits per heavy atom. The number of benzene rings is 1. The van der Waals surface area contributed by atoms with Crippen molar-refractivity contribution < 1.29 is 9.72 Å². The van der Waals surface area contributed by atoms with E-state index < -0.39 is 4.92 Å². The van der Waals surface area contributed by atoms with Crippen molar-refractivity contribution in [2.75, 3.05) is 11.9 Å². The smallest absolute Gasteiger partial charge is 0.321 e. The minimum absolute atomic E-state index is 0.0502. The zero-order valence-electron chi connectivity index (χ0n) is 10.7. The van der Waals surface area contributed by atoms with Gasteiger partial charge in [-0.15, -0.1) is 0 Å². The quantitative estimate of drug-likeness (QED) is 0.662. The monoisotopic (exact) mass is 339 g/mol. The number of amides is 2. The Labute approximate surface area is 124 Å². The lowest BCUT2D eigenvalue weighted by atomic mass is 10.1. The maximum atomic E-state index is 12.2. The number of anilines is 1. The van der Waals surface area contributed by atoms with E-state index in [0.29, 0.717) is 22.1 Å². The van der Waals surface area contributed by atoms with Crippen LogP contribution in [0.1, 0.15) is 19.3 Å². The highest BCUT2D eigenvalue weighted by Crippen LogP contribution is 2.37. The minimum atomic E-state index is -0.475. The van der Waals surface area contributed by atoms with Gasteiger partial charge < -0.3 is 10.2 Å². The second-order valence-electron chi connectivity index (χ2n) is 5.34. The summed E-state index contributed by atoms with van der Waals surface area (Å²) in [6, 6.07) is 4.78. The third-order valence-electron chi connectivity index (χ3n) is 4.06. The van der Waals surface area contributed by atoms with E-state index in [1.807, 2.05) is 4.90 Å². The molecule has 0 spiro atoms. The number of piperidine rings is 1. The van der Waals surface area contributed by atoms with Gasteiger partial charge in [-0.2, -0.15) is 0 Å². The van der Waals surface area contributed by atoms with Crippen molar-refractivity contribution in [2.24, 2.45) is 5.92 Å². The van der Waals surface area contributed by atoms with E-state index in [1.54, 1.807) is 12.1 Å². The van der Waals surface area contributed by atoms with E-state index in [2.05, 4.69) is 21.2 Å². The minimum Gasteiger partial charge on any atom is -0.321 e. The van der Waals surface area contributed by atoms with Crippen molar-refractivity contribution >= 4 is 33.3 Å². The van der Waals surface area contributed by atoms with Crippen molar-refractivity contribution in [3.63, 3.8) is 0 Å². The first-order chi connectivity index (χ1) is 9.54. The highest BCUT2D eigenvalue weighted by atomic mass is 79.9. The van der Waals surface area contributed by atoms with E-state index in [1.165, 1.54) is 12.5 Å². The molecule has 2 atom stereocenters. The first-order valence-corrected chi connectivity index (χ1v) is 7.35. The molecule has 0 radical (unpaired) electrons. The Bertz CT molecular complexity index is 578. The summed E-state index contributed by atoms with van der Waals surface area (Å²) < 4.78 is 0.403. The van der Waals surface area contributed by atoms with Crippen molar-refractivity contribution in [1.82, 2.24) is 4.90 Å². The summed E-state index contributed by atoms with van der Waals surface area (Å²) >= 11 is 3.13. The van der Waals surface area contributed by atoms with E-state index in [-0.39, 0.29) is 11.7 Å². The van der Waals surface area contributed by atoms with Crippen LogP contribution in [0.3, 0.4) is 0 Å². The lowest BCUT2D eigenvalue weighted by Crippen LogP contribution is -2.40. The van der Waals surface area contributed by atoms with Gasteiger partial charge in [0.25, 0.3) is 5.69 Å². The fraction of sp³-hybridized carbons (Fsp3) is 0.462. The van der Waals surface area contributed by atoms with Crippen molar-refractivity contribution in [3.05, 3.63) is 32.8 Å². The number of nitro benzene ring substituents is 1. The summed E-state index contributed by atoms with van der Waals surface area (Å²) in [4.78, 5) is 24.5. The largest absolute Gasteiger partial charge is 0.322 e. The highest BCUT2D eigenvalue weighted by Gasteiger charge is 2.40. The average Bonchev–Trinajstić information content (AvgIpc) is 3.03. The number of halogens is 1. The SMILES string of the molecule is O=C(Nc1ccc(Br)c([N+](=O)[O-])c1)N1C[C@H]2CC[C@H]1C2. The maximum Gasteiger partial charge on any atom is 0.322 e. The third-order valence-corrected chi connectivity index (χ3v) is 4.73. The normalized spacial score (nSPS) is 23.9. The molecule has 2 amide bonds. The second kappa shape index (κ2) is 5.05. The molecule has 1 saturated heterocycles. The standard InChI is InChI=1S/C13H14BrN3O3/c14-11-4-2-9(6-12(11)17(19)20)15-13(18)16-7-8-1-3-10(16)5-8/h2,4,6,8,10H,1,3,5,7H2,(H,15,18)/t8-,10-/m0/s1. The Balaban J connectivity index is 1.73. The number of likely N-dealkylation sites (tertiary alicyclic amines) is 1. The molecule has 2 fully saturated rings. The van der Waals surface area contributed by atoms with E-state index in [9.17, 15) is 14.9 Å². The van der Waals surface area contributed by atoms with Crippen LogP contribution in [-0.2, 0) is 0 Å². The van der Waals surface area contributed by atoms with Crippen LogP contribution < -0.4 is 5.32 Å². The van der Waals surface area contributed by atoms with Gasteiger partial charge in [-0.25, -0.2) is 4.79 Å². The molecule has 1 aliphatic carbocycles. The molecule has 1 N–H and O–H groups in total. The number of hydrogen-bond acceptors (Lipinski definition) is 3. The van der Waals surface area contributed by atoms with Crippen LogP contribution in [0.5, 0.6) is 0 Å². The molecule has 1 aromatic carbocycles. The van der Waals surface area contributed by atoms with Crippen LogP contribution in [-0.4, -0.2) is 28.4 Å². The molecule has 0 aromatic heterocycles. The summed E-state index contributed by atoms with van der Waals surface area (Å²) in [5.74, 6) is 0.630. The fourth-order valence-corrected chi connectivity index (χ4v) is 3.49. The van der Waals surface area contributed by atoms with E-state index in [4.69, 9.17) is 0 Å². The van der Waals surface area contributed by atoms with Gasteiger partial charge in [0, 0.05) is 24.3 Å². The van der Waals surface area contributed by atoms with Gasteiger partial charge >= 0.3 is 6.03 Å². The molecule has 2 aliphatic rings. The number of carbonyl (C=O) groups excluding carboxylic acids is 1. The summed E-state index contributed by atoms with van der Waals surface area (Å²) in [6.07, 6.45) is 3.37. The molecule has 1 aromatic rings. The first-order valence-electron chi connectivity index (χ1n) is 6.56. The molecular formula is C13H14BrN3O3. The van der Waals surface area contributed by atoms with Gasteiger partial charge in [0.15, 0.2) is 0 Å². The zero-order valence-corrected chi connectivity index (χ0v) is 12.3. The van der Waals surface area contributed by atoms with Crippen molar-refractivity contribution in [2.45, 2.75) is 25.3 Å². The van der Waals surface area contributed by atoms with Gasteiger partial charge in [-0.05, 0) is 53.2 Å². The Morgan fingerprint density at radius 2 is 2.25 bits per heavy atom. The van der Waals surface area contributed by atoms with Crippen molar-refractivity contribution in [3.8, 4) is 0 Å². The van der Waals surface area contributed by atoms with Crippen LogP contribution in [0.15, 0.2) is 22.7 Å². The number of urea groups is 1. The molecule has 7 heteroatoms. The number of carbonyl (C=O) groups is 1. The summed E-state index contributed by atoms with van der Waals surface area (Å²) in [5, 5.41) is 13.6. The lowest BCUT2D eigenvalue weighted by molar-refractivity contribution is -0.385. The maximum absolute atomic E-state index is 12.2. The lowest BCUT2D eigenvalue weighted by Gasteiger charge is -2.27. The van der Waals surface area contributed by atoms with Crippen LogP contribution >= 0.6 is 15.9 Å². The molecule has 1 heterocycles. The second-order valence-corrected chi connectivity index (χ2v) is 6.19. The molecule has 106 valence electrons. The summed E-state index contributed by atoms with van der Waals surface area (Å²) in [5.41, 5.74) is 0.401. The number of nitrogens with zero attached hydrogens (tertiary/aromatic N) is 2. The number of nitrogens with one attached hydrogen (secondary N) is 1. The first kappa shape index (κ1) is 13.4. The molecule has 1 aliphatic heterocycles. The molecule has 2 bridgehead atoms. The number of fused-ring (bicyclic) bond motifs is 2. The van der Waals surface area contributed by atoms with Gasteiger partial charge in [-0.3, -0.25) is 10.1 Å². The molecule has 6 nitrogen and oxygen atoms in total. The van der Waals surface area contributed by atoms with E-state index in [0.717, 1.165) is 19.4 Å². The van der Waals surface area contributed by atoms with Crippen LogP contribution in [0, 0.1) is 16.0 Å². The fourth-order valence-electron chi connectivity index (χ4n) is 3.10. The van der Waals surface area contributed by atoms with Crippen LogP contribution in [0.2, 0.25) is 0 Å². The van der Waals surface area contributed by atoms with Crippen LogP contribution in [0.4, 0.5) is 16.2 Å². The Kier molecular flexibility index (Phi) is 3.37. The number of hydrogen-bond donors (Lipinski definition) is 1. The Hall–Kier alpha value is -1.63. The molecule has 3 rings (SSSR count).